The van der Waals surface area contributed by atoms with Gasteiger partial charge in [0.05, 0.1) is 12.6 Å². The number of aliphatic hydroxyl groups excluding tert-OH is 1. The quantitative estimate of drug-likeness (QED) is 0.699. The molecule has 1 rings (SSSR count). The van der Waals surface area contributed by atoms with Gasteiger partial charge < -0.3 is 15.3 Å². The zero-order valence-electron chi connectivity index (χ0n) is 10.1. The molecule has 0 aliphatic carbocycles. The van der Waals surface area contributed by atoms with Crippen LogP contribution in [-0.4, -0.2) is 47.1 Å². The second kappa shape index (κ2) is 5.30. The van der Waals surface area contributed by atoms with Gasteiger partial charge in [-0.25, -0.2) is 0 Å². The van der Waals surface area contributed by atoms with E-state index in [1.165, 1.54) is 6.92 Å². The van der Waals surface area contributed by atoms with Crippen LogP contribution < -0.4 is 5.32 Å². The monoisotopic (exact) mass is 228 g/mol. The number of nitrogens with zero attached hydrogens (tertiary/aromatic N) is 1. The molecule has 16 heavy (non-hydrogen) atoms. The lowest BCUT2D eigenvalue weighted by molar-refractivity contribution is -0.137. The number of hydrogen-bond acceptors (Lipinski definition) is 3. The van der Waals surface area contributed by atoms with E-state index in [2.05, 4.69) is 5.32 Å². The Kier molecular flexibility index (Phi) is 4.29. The Labute approximate surface area is 95.8 Å². The molecule has 1 aliphatic rings. The first kappa shape index (κ1) is 13.0. The SMILES string of the molecule is CC(=O)NC(C)C(=O)N1CCC(C)C1CO. The number of likely N-dealkylation sites (tertiary alicyclic amines) is 1. The Bertz CT molecular complexity index is 280. The second-order valence-electron chi connectivity index (χ2n) is 4.47. The minimum absolute atomic E-state index is 0.0142. The van der Waals surface area contributed by atoms with E-state index in [9.17, 15) is 14.7 Å². The molecular formula is C11H20N2O3. The van der Waals surface area contributed by atoms with Crippen LogP contribution in [0.5, 0.6) is 0 Å². The summed E-state index contributed by atoms with van der Waals surface area (Å²) in [6.45, 7) is 5.73. The molecule has 0 aromatic carbocycles. The highest BCUT2D eigenvalue weighted by molar-refractivity contribution is 5.86. The van der Waals surface area contributed by atoms with Gasteiger partial charge in [-0.15, -0.1) is 0 Å². The first-order valence-electron chi connectivity index (χ1n) is 5.65. The third kappa shape index (κ3) is 2.72. The van der Waals surface area contributed by atoms with E-state index >= 15 is 0 Å². The molecule has 3 atom stereocenters. The Morgan fingerprint density at radius 3 is 2.69 bits per heavy atom. The molecular weight excluding hydrogens is 208 g/mol. The second-order valence-corrected chi connectivity index (χ2v) is 4.47. The molecule has 3 unspecified atom stereocenters. The standard InChI is InChI=1S/C11H20N2O3/c1-7-4-5-13(10(7)6-14)11(16)8(2)12-9(3)15/h7-8,10,14H,4-6H2,1-3H3,(H,12,15). The summed E-state index contributed by atoms with van der Waals surface area (Å²) in [5.74, 6) is -0.00859. The molecule has 0 bridgehead atoms. The fraction of sp³-hybridized carbons (Fsp3) is 0.818. The van der Waals surface area contributed by atoms with Gasteiger partial charge >= 0.3 is 0 Å². The van der Waals surface area contributed by atoms with Crippen LogP contribution in [0, 0.1) is 5.92 Å². The lowest BCUT2D eigenvalue weighted by atomic mass is 10.0. The van der Waals surface area contributed by atoms with Gasteiger partial charge in [0.25, 0.3) is 0 Å². The van der Waals surface area contributed by atoms with Crippen molar-refractivity contribution in [3.63, 3.8) is 0 Å². The molecule has 5 heteroatoms. The van der Waals surface area contributed by atoms with Gasteiger partial charge in [0.1, 0.15) is 6.04 Å². The summed E-state index contributed by atoms with van der Waals surface area (Å²) in [7, 11) is 0. The molecule has 92 valence electrons. The highest BCUT2D eigenvalue weighted by Gasteiger charge is 2.35. The maximum Gasteiger partial charge on any atom is 0.245 e. The highest BCUT2D eigenvalue weighted by Crippen LogP contribution is 2.23. The van der Waals surface area contributed by atoms with Crippen molar-refractivity contribution < 1.29 is 14.7 Å². The van der Waals surface area contributed by atoms with Crippen molar-refractivity contribution in [2.45, 2.75) is 39.3 Å². The zero-order chi connectivity index (χ0) is 12.3. The topological polar surface area (TPSA) is 69.6 Å². The Morgan fingerprint density at radius 2 is 2.19 bits per heavy atom. The molecule has 0 spiro atoms. The van der Waals surface area contributed by atoms with Crippen molar-refractivity contribution in [1.29, 1.82) is 0 Å². The van der Waals surface area contributed by atoms with Crippen molar-refractivity contribution in [2.24, 2.45) is 5.92 Å². The average Bonchev–Trinajstić information content (AvgIpc) is 2.57. The predicted octanol–water partition coefficient (Wildman–Crippen LogP) is -0.260. The van der Waals surface area contributed by atoms with Crippen molar-refractivity contribution in [3.8, 4) is 0 Å². The molecule has 5 nitrogen and oxygen atoms in total. The third-order valence-electron chi connectivity index (χ3n) is 3.14. The largest absolute Gasteiger partial charge is 0.394 e. The van der Waals surface area contributed by atoms with Crippen LogP contribution in [0.4, 0.5) is 0 Å². The zero-order valence-corrected chi connectivity index (χ0v) is 10.1. The molecule has 1 heterocycles. The number of rotatable bonds is 3. The Hall–Kier alpha value is -1.10. The van der Waals surface area contributed by atoms with E-state index < -0.39 is 6.04 Å². The van der Waals surface area contributed by atoms with Gasteiger partial charge in [0, 0.05) is 13.5 Å². The Balaban J connectivity index is 2.63. The average molecular weight is 228 g/mol. The van der Waals surface area contributed by atoms with Crippen LogP contribution in [0.25, 0.3) is 0 Å². The fourth-order valence-corrected chi connectivity index (χ4v) is 2.18. The molecule has 0 aromatic rings. The van der Waals surface area contributed by atoms with Gasteiger partial charge in [-0.1, -0.05) is 6.92 Å². The minimum atomic E-state index is -0.517. The lowest BCUT2D eigenvalue weighted by Crippen LogP contribution is -2.49. The summed E-state index contributed by atoms with van der Waals surface area (Å²) in [6.07, 6.45) is 0.907. The van der Waals surface area contributed by atoms with Gasteiger partial charge in [-0.3, -0.25) is 9.59 Å². The van der Waals surface area contributed by atoms with Crippen LogP contribution in [0.1, 0.15) is 27.2 Å². The van der Waals surface area contributed by atoms with Gasteiger partial charge in [-0.05, 0) is 19.3 Å². The normalized spacial score (nSPS) is 26.6. The first-order valence-corrected chi connectivity index (χ1v) is 5.65. The summed E-state index contributed by atoms with van der Waals surface area (Å²) >= 11 is 0. The van der Waals surface area contributed by atoms with Crippen LogP contribution >= 0.6 is 0 Å². The van der Waals surface area contributed by atoms with Crippen LogP contribution in [0.15, 0.2) is 0 Å². The third-order valence-corrected chi connectivity index (χ3v) is 3.14. The molecule has 1 fully saturated rings. The number of nitrogens with one attached hydrogen (secondary N) is 1. The lowest BCUT2D eigenvalue weighted by Gasteiger charge is -2.28. The molecule has 1 aliphatic heterocycles. The van der Waals surface area contributed by atoms with Crippen molar-refractivity contribution in [1.82, 2.24) is 10.2 Å². The summed E-state index contributed by atoms with van der Waals surface area (Å²) < 4.78 is 0. The van der Waals surface area contributed by atoms with E-state index in [4.69, 9.17) is 0 Å². The van der Waals surface area contributed by atoms with E-state index in [1.54, 1.807) is 11.8 Å². The molecule has 2 N–H and O–H groups in total. The maximum atomic E-state index is 12.0. The van der Waals surface area contributed by atoms with E-state index in [0.717, 1.165) is 6.42 Å². The van der Waals surface area contributed by atoms with Crippen molar-refractivity contribution in [3.05, 3.63) is 0 Å². The predicted molar refractivity (Wildman–Crippen MR) is 59.6 cm³/mol. The molecule has 0 saturated carbocycles. The number of hydrogen-bond donors (Lipinski definition) is 2. The smallest absolute Gasteiger partial charge is 0.245 e. The highest BCUT2D eigenvalue weighted by atomic mass is 16.3. The van der Waals surface area contributed by atoms with Gasteiger partial charge in [-0.2, -0.15) is 0 Å². The minimum Gasteiger partial charge on any atom is -0.394 e. The number of carbonyl (C=O) groups excluding carboxylic acids is 2. The first-order chi connectivity index (χ1) is 7.47. The van der Waals surface area contributed by atoms with Crippen LogP contribution in [0.2, 0.25) is 0 Å². The summed E-state index contributed by atoms with van der Waals surface area (Å²) in [5, 5.41) is 11.8. The molecule has 0 aromatic heterocycles. The van der Waals surface area contributed by atoms with Gasteiger partial charge in [0.15, 0.2) is 0 Å². The van der Waals surface area contributed by atoms with E-state index in [-0.39, 0.29) is 24.5 Å². The van der Waals surface area contributed by atoms with Crippen LogP contribution in [0.3, 0.4) is 0 Å². The van der Waals surface area contributed by atoms with Gasteiger partial charge in [0.2, 0.25) is 11.8 Å². The molecule has 0 radical (unpaired) electrons. The number of amides is 2. The number of carbonyl (C=O) groups is 2. The van der Waals surface area contributed by atoms with Crippen LogP contribution in [-0.2, 0) is 9.59 Å². The number of aliphatic hydroxyl groups is 1. The van der Waals surface area contributed by atoms with Crippen molar-refractivity contribution >= 4 is 11.8 Å². The fourth-order valence-electron chi connectivity index (χ4n) is 2.18. The summed E-state index contributed by atoms with van der Waals surface area (Å²) in [6, 6.07) is -0.624. The van der Waals surface area contributed by atoms with Crippen molar-refractivity contribution in [2.75, 3.05) is 13.2 Å². The molecule has 1 saturated heterocycles. The van der Waals surface area contributed by atoms with E-state index in [0.29, 0.717) is 12.5 Å². The Morgan fingerprint density at radius 1 is 1.56 bits per heavy atom. The van der Waals surface area contributed by atoms with E-state index in [1.807, 2.05) is 6.92 Å². The molecule has 2 amide bonds. The summed E-state index contributed by atoms with van der Waals surface area (Å²) in [5.41, 5.74) is 0. The summed E-state index contributed by atoms with van der Waals surface area (Å²) in [4.78, 5) is 24.5. The maximum absolute atomic E-state index is 12.0.